The molecule has 0 bridgehead atoms. The summed E-state index contributed by atoms with van der Waals surface area (Å²) < 4.78 is 4.77. The summed E-state index contributed by atoms with van der Waals surface area (Å²) in [6.07, 6.45) is 2.08. The third kappa shape index (κ3) is 2.34. The van der Waals surface area contributed by atoms with Crippen molar-refractivity contribution in [2.45, 2.75) is 23.0 Å². The van der Waals surface area contributed by atoms with Crippen LogP contribution in [0.3, 0.4) is 0 Å². The summed E-state index contributed by atoms with van der Waals surface area (Å²) in [5.74, 6) is 0.0369. The number of carbonyl (C=O) groups is 1. The second-order valence-corrected chi connectivity index (χ2v) is 4.99. The molecule has 2 rings (SSSR count). The van der Waals surface area contributed by atoms with Gasteiger partial charge in [-0.2, -0.15) is 0 Å². The van der Waals surface area contributed by atoms with Gasteiger partial charge < -0.3 is 4.74 Å². The van der Waals surface area contributed by atoms with Gasteiger partial charge in [0, 0.05) is 10.1 Å². The topological polar surface area (TPSA) is 26.3 Å². The van der Waals surface area contributed by atoms with Crippen molar-refractivity contribution in [2.75, 3.05) is 7.11 Å². The lowest BCUT2D eigenvalue weighted by molar-refractivity contribution is -0.147. The van der Waals surface area contributed by atoms with Crippen molar-refractivity contribution >= 4 is 17.7 Å². The van der Waals surface area contributed by atoms with Crippen LogP contribution in [0.1, 0.15) is 12.8 Å². The molecule has 1 saturated carbocycles. The van der Waals surface area contributed by atoms with Crippen molar-refractivity contribution in [3.05, 3.63) is 30.3 Å². The number of ether oxygens (including phenoxy) is 1. The van der Waals surface area contributed by atoms with Gasteiger partial charge in [-0.3, -0.25) is 4.79 Å². The lowest BCUT2D eigenvalue weighted by Gasteiger charge is -2.33. The molecule has 1 aliphatic rings. The Morgan fingerprint density at radius 1 is 1.33 bits per heavy atom. The Morgan fingerprint density at radius 2 is 2.07 bits per heavy atom. The molecule has 0 heterocycles. The zero-order valence-electron chi connectivity index (χ0n) is 8.68. The SMILES string of the molecule is COC(=O)[C@H]1CC[C@H]1Sc1ccccc1. The minimum atomic E-state index is -0.0605. The highest BCUT2D eigenvalue weighted by atomic mass is 32.2. The number of hydrogen-bond acceptors (Lipinski definition) is 3. The summed E-state index contributed by atoms with van der Waals surface area (Å²) in [6.45, 7) is 0. The van der Waals surface area contributed by atoms with E-state index in [4.69, 9.17) is 4.74 Å². The first kappa shape index (κ1) is 10.6. The molecule has 3 heteroatoms. The van der Waals surface area contributed by atoms with Crippen LogP contribution >= 0.6 is 11.8 Å². The molecule has 1 fully saturated rings. The summed E-state index contributed by atoms with van der Waals surface area (Å²) >= 11 is 1.78. The monoisotopic (exact) mass is 222 g/mol. The lowest BCUT2D eigenvalue weighted by Crippen LogP contribution is -2.36. The second kappa shape index (κ2) is 4.71. The molecule has 15 heavy (non-hydrogen) atoms. The number of esters is 1. The molecule has 2 nitrogen and oxygen atoms in total. The molecule has 1 aromatic carbocycles. The van der Waals surface area contributed by atoms with Crippen LogP contribution in [0.2, 0.25) is 0 Å². The normalized spacial score (nSPS) is 24.3. The molecule has 0 saturated heterocycles. The van der Waals surface area contributed by atoms with Crippen LogP contribution in [0.15, 0.2) is 35.2 Å². The van der Waals surface area contributed by atoms with Gasteiger partial charge in [0.1, 0.15) is 0 Å². The molecule has 0 N–H and O–H groups in total. The van der Waals surface area contributed by atoms with E-state index in [1.165, 1.54) is 12.0 Å². The van der Waals surface area contributed by atoms with Gasteiger partial charge in [0.15, 0.2) is 0 Å². The molecule has 0 aliphatic heterocycles. The molecule has 80 valence electrons. The predicted molar refractivity (Wildman–Crippen MR) is 60.8 cm³/mol. The number of thioether (sulfide) groups is 1. The zero-order valence-corrected chi connectivity index (χ0v) is 9.50. The number of benzene rings is 1. The van der Waals surface area contributed by atoms with Crippen molar-refractivity contribution in [2.24, 2.45) is 5.92 Å². The highest BCUT2D eigenvalue weighted by Gasteiger charge is 2.37. The Bertz CT molecular complexity index is 337. The third-order valence-electron chi connectivity index (χ3n) is 2.75. The van der Waals surface area contributed by atoms with E-state index in [-0.39, 0.29) is 11.9 Å². The fraction of sp³-hybridized carbons (Fsp3) is 0.417. The maximum Gasteiger partial charge on any atom is 0.309 e. The van der Waals surface area contributed by atoms with Gasteiger partial charge >= 0.3 is 5.97 Å². The minimum absolute atomic E-state index is 0.0605. The van der Waals surface area contributed by atoms with Crippen molar-refractivity contribution in [3.63, 3.8) is 0 Å². The molecule has 0 unspecified atom stereocenters. The van der Waals surface area contributed by atoms with Gasteiger partial charge in [0.05, 0.1) is 13.0 Å². The Morgan fingerprint density at radius 3 is 2.60 bits per heavy atom. The van der Waals surface area contributed by atoms with Crippen LogP contribution in [0.4, 0.5) is 0 Å². The quantitative estimate of drug-likeness (QED) is 0.736. The van der Waals surface area contributed by atoms with Gasteiger partial charge in [-0.25, -0.2) is 0 Å². The van der Waals surface area contributed by atoms with Crippen LogP contribution in [-0.4, -0.2) is 18.3 Å². The molecule has 0 spiro atoms. The number of carbonyl (C=O) groups excluding carboxylic acids is 1. The summed E-state index contributed by atoms with van der Waals surface area (Å²) in [4.78, 5) is 12.6. The largest absolute Gasteiger partial charge is 0.469 e. The van der Waals surface area contributed by atoms with Gasteiger partial charge in [-0.15, -0.1) is 11.8 Å². The van der Waals surface area contributed by atoms with E-state index in [1.807, 2.05) is 18.2 Å². The smallest absolute Gasteiger partial charge is 0.309 e. The van der Waals surface area contributed by atoms with Gasteiger partial charge in [0.25, 0.3) is 0 Å². The standard InChI is InChI=1S/C12H14O2S/c1-14-12(13)10-7-8-11(10)15-9-5-3-2-4-6-9/h2-6,10-11H,7-8H2,1H3/t10-,11+/m0/s1. The molecular formula is C12H14O2S. The molecule has 2 atom stereocenters. The molecule has 0 radical (unpaired) electrons. The van der Waals surface area contributed by atoms with E-state index in [2.05, 4.69) is 12.1 Å². The molecule has 1 aromatic rings. The highest BCUT2D eigenvalue weighted by molar-refractivity contribution is 8.00. The van der Waals surface area contributed by atoms with Crippen LogP contribution in [0.5, 0.6) is 0 Å². The summed E-state index contributed by atoms with van der Waals surface area (Å²) in [7, 11) is 1.46. The third-order valence-corrected chi connectivity index (χ3v) is 4.16. The highest BCUT2D eigenvalue weighted by Crippen LogP contribution is 2.41. The molecule has 1 aliphatic carbocycles. The number of hydrogen-bond donors (Lipinski definition) is 0. The van der Waals surface area contributed by atoms with E-state index in [9.17, 15) is 4.79 Å². The average Bonchev–Trinajstić information content (AvgIpc) is 2.25. The average molecular weight is 222 g/mol. The summed E-state index contributed by atoms with van der Waals surface area (Å²) in [6, 6.07) is 10.2. The maximum absolute atomic E-state index is 11.4. The molecular weight excluding hydrogens is 208 g/mol. The van der Waals surface area contributed by atoms with E-state index in [0.29, 0.717) is 5.25 Å². The van der Waals surface area contributed by atoms with Crippen molar-refractivity contribution in [3.8, 4) is 0 Å². The van der Waals surface area contributed by atoms with E-state index in [1.54, 1.807) is 11.8 Å². The van der Waals surface area contributed by atoms with Gasteiger partial charge in [-0.1, -0.05) is 18.2 Å². The second-order valence-electron chi connectivity index (χ2n) is 3.68. The summed E-state index contributed by atoms with van der Waals surface area (Å²) in [5.41, 5.74) is 0. The zero-order chi connectivity index (χ0) is 10.7. The van der Waals surface area contributed by atoms with Crippen LogP contribution in [-0.2, 0) is 9.53 Å². The van der Waals surface area contributed by atoms with Gasteiger partial charge in [0.2, 0.25) is 0 Å². The van der Waals surface area contributed by atoms with Crippen LogP contribution in [0, 0.1) is 5.92 Å². The number of methoxy groups -OCH3 is 1. The molecule has 0 amide bonds. The fourth-order valence-corrected chi connectivity index (χ4v) is 3.03. The number of rotatable bonds is 3. The first-order valence-electron chi connectivity index (χ1n) is 5.11. The summed E-state index contributed by atoms with van der Waals surface area (Å²) in [5, 5.41) is 0.403. The first-order chi connectivity index (χ1) is 7.31. The van der Waals surface area contributed by atoms with Crippen LogP contribution in [0.25, 0.3) is 0 Å². The Kier molecular flexibility index (Phi) is 3.31. The van der Waals surface area contributed by atoms with Crippen molar-refractivity contribution < 1.29 is 9.53 Å². The van der Waals surface area contributed by atoms with Crippen molar-refractivity contribution in [1.82, 2.24) is 0 Å². The maximum atomic E-state index is 11.4. The first-order valence-corrected chi connectivity index (χ1v) is 5.99. The van der Waals surface area contributed by atoms with Crippen molar-refractivity contribution in [1.29, 1.82) is 0 Å². The Balaban J connectivity index is 1.94. The Labute approximate surface area is 94.0 Å². The van der Waals surface area contributed by atoms with E-state index >= 15 is 0 Å². The molecule has 0 aromatic heterocycles. The minimum Gasteiger partial charge on any atom is -0.469 e. The lowest BCUT2D eigenvalue weighted by atomic mass is 9.85. The Hall–Kier alpha value is -0.960. The fourth-order valence-electron chi connectivity index (χ4n) is 1.71. The van der Waals surface area contributed by atoms with E-state index < -0.39 is 0 Å². The van der Waals surface area contributed by atoms with Crippen LogP contribution < -0.4 is 0 Å². The van der Waals surface area contributed by atoms with Gasteiger partial charge in [-0.05, 0) is 25.0 Å². The predicted octanol–water partition coefficient (Wildman–Crippen LogP) is 2.73. The van der Waals surface area contributed by atoms with E-state index in [0.717, 1.165) is 12.8 Å².